The molecule has 1 fully saturated rings. The minimum Gasteiger partial charge on any atom is -0.351 e. The summed E-state index contributed by atoms with van der Waals surface area (Å²) in [6.07, 6.45) is 3.85. The zero-order chi connectivity index (χ0) is 12.3. The lowest BCUT2D eigenvalue weighted by molar-refractivity contribution is -0.197. The summed E-state index contributed by atoms with van der Waals surface area (Å²) < 4.78 is 0. The van der Waals surface area contributed by atoms with E-state index in [9.17, 15) is 14.4 Å². The monoisotopic (exact) mass is 237 g/mol. The number of aromatic nitrogens is 2. The van der Waals surface area contributed by atoms with Gasteiger partial charge >= 0.3 is 5.97 Å². The predicted molar refractivity (Wildman–Crippen MR) is 54.1 cm³/mol. The average Bonchev–Trinajstić information content (AvgIpc) is 2.91. The molecule has 7 heteroatoms. The van der Waals surface area contributed by atoms with Crippen molar-refractivity contribution < 1.29 is 19.2 Å². The molecule has 0 spiro atoms. The van der Waals surface area contributed by atoms with Gasteiger partial charge in [-0.2, -0.15) is 0 Å². The van der Waals surface area contributed by atoms with E-state index in [-0.39, 0.29) is 19.3 Å². The molecule has 1 aromatic rings. The minimum absolute atomic E-state index is 0.0713. The topological polar surface area (TPSA) is 92.4 Å². The Bertz CT molecular complexity index is 424. The molecular weight excluding hydrogens is 226 g/mol. The van der Waals surface area contributed by atoms with Crippen LogP contribution in [0.4, 0.5) is 0 Å². The summed E-state index contributed by atoms with van der Waals surface area (Å²) in [6, 6.07) is 0. The molecule has 1 N–H and O–H groups in total. The van der Waals surface area contributed by atoms with Crippen LogP contribution >= 0.6 is 0 Å². The summed E-state index contributed by atoms with van der Waals surface area (Å²) in [6.45, 7) is 0. The van der Waals surface area contributed by atoms with Crippen LogP contribution in [-0.4, -0.2) is 32.8 Å². The molecule has 0 aliphatic carbocycles. The standard InChI is InChI=1S/C10H11N3O4/c14-8-2-3-9(15)13(8)17-10(16)4-1-7-5-11-6-12-7/h5-6H,1-4H2,(H,11,12). The maximum absolute atomic E-state index is 11.4. The second-order valence-corrected chi connectivity index (χ2v) is 3.61. The number of aromatic amines is 1. The van der Waals surface area contributed by atoms with Crippen molar-refractivity contribution in [3.05, 3.63) is 18.2 Å². The van der Waals surface area contributed by atoms with Gasteiger partial charge in [0.2, 0.25) is 0 Å². The molecule has 1 aliphatic rings. The molecule has 7 nitrogen and oxygen atoms in total. The largest absolute Gasteiger partial charge is 0.351 e. The van der Waals surface area contributed by atoms with Crippen molar-refractivity contribution in [3.63, 3.8) is 0 Å². The fourth-order valence-electron chi connectivity index (χ4n) is 1.46. The Morgan fingerprint density at radius 2 is 2.12 bits per heavy atom. The van der Waals surface area contributed by atoms with Gasteiger partial charge in [-0.1, -0.05) is 0 Å². The van der Waals surface area contributed by atoms with Gasteiger partial charge in [-0.05, 0) is 0 Å². The van der Waals surface area contributed by atoms with Gasteiger partial charge in [0.25, 0.3) is 11.8 Å². The summed E-state index contributed by atoms with van der Waals surface area (Å²) in [4.78, 5) is 45.1. The second kappa shape index (κ2) is 4.77. The van der Waals surface area contributed by atoms with Crippen molar-refractivity contribution in [1.82, 2.24) is 15.0 Å². The van der Waals surface area contributed by atoms with E-state index in [1.807, 2.05) is 0 Å². The molecule has 0 saturated carbocycles. The summed E-state index contributed by atoms with van der Waals surface area (Å²) in [5.74, 6) is -1.55. The number of imidazole rings is 1. The van der Waals surface area contributed by atoms with Crippen molar-refractivity contribution >= 4 is 17.8 Å². The number of nitrogens with zero attached hydrogens (tertiary/aromatic N) is 2. The third-order valence-corrected chi connectivity index (χ3v) is 2.34. The molecule has 1 saturated heterocycles. The molecule has 2 rings (SSSR count). The van der Waals surface area contributed by atoms with E-state index in [1.54, 1.807) is 6.20 Å². The Morgan fingerprint density at radius 1 is 1.41 bits per heavy atom. The number of rotatable bonds is 4. The highest BCUT2D eigenvalue weighted by Crippen LogP contribution is 2.12. The molecule has 0 aromatic carbocycles. The van der Waals surface area contributed by atoms with Gasteiger partial charge in [0.15, 0.2) is 0 Å². The number of nitrogens with one attached hydrogen (secondary N) is 1. The normalized spacial score (nSPS) is 15.4. The van der Waals surface area contributed by atoms with Gasteiger partial charge in [0.1, 0.15) is 0 Å². The fraction of sp³-hybridized carbons (Fsp3) is 0.400. The van der Waals surface area contributed by atoms with E-state index in [4.69, 9.17) is 4.84 Å². The molecule has 90 valence electrons. The summed E-state index contributed by atoms with van der Waals surface area (Å²) in [7, 11) is 0. The molecule has 2 amide bonds. The van der Waals surface area contributed by atoms with E-state index in [2.05, 4.69) is 9.97 Å². The van der Waals surface area contributed by atoms with Gasteiger partial charge in [-0.3, -0.25) is 9.59 Å². The van der Waals surface area contributed by atoms with Crippen LogP contribution in [0.3, 0.4) is 0 Å². The number of hydroxylamine groups is 2. The zero-order valence-corrected chi connectivity index (χ0v) is 9.01. The van der Waals surface area contributed by atoms with Gasteiger partial charge in [0, 0.05) is 25.5 Å². The Hall–Kier alpha value is -2.18. The number of aryl methyl sites for hydroxylation is 1. The molecule has 0 bridgehead atoms. The zero-order valence-electron chi connectivity index (χ0n) is 9.01. The van der Waals surface area contributed by atoms with Crippen molar-refractivity contribution in [2.75, 3.05) is 0 Å². The molecule has 1 aliphatic heterocycles. The lowest BCUT2D eigenvalue weighted by atomic mass is 10.2. The first-order chi connectivity index (χ1) is 8.16. The van der Waals surface area contributed by atoms with Crippen LogP contribution in [0.15, 0.2) is 12.5 Å². The van der Waals surface area contributed by atoms with Gasteiger partial charge in [-0.15, -0.1) is 5.06 Å². The quantitative estimate of drug-likeness (QED) is 0.741. The van der Waals surface area contributed by atoms with E-state index in [0.717, 1.165) is 5.69 Å². The SMILES string of the molecule is O=C(CCc1c[nH]cn1)ON1C(=O)CCC1=O. The third kappa shape index (κ3) is 2.68. The lowest BCUT2D eigenvalue weighted by Gasteiger charge is -2.11. The highest BCUT2D eigenvalue weighted by atomic mass is 16.7. The fourth-order valence-corrected chi connectivity index (χ4v) is 1.46. The van der Waals surface area contributed by atoms with Gasteiger partial charge in [0.05, 0.1) is 18.4 Å². The number of H-pyrrole nitrogens is 1. The first-order valence-electron chi connectivity index (χ1n) is 5.21. The molecule has 2 heterocycles. The maximum Gasteiger partial charge on any atom is 0.333 e. The summed E-state index contributed by atoms with van der Waals surface area (Å²) >= 11 is 0. The first kappa shape index (κ1) is 11.3. The number of carbonyl (C=O) groups is 3. The smallest absolute Gasteiger partial charge is 0.333 e. The van der Waals surface area contributed by atoms with Crippen LogP contribution in [0.2, 0.25) is 0 Å². The second-order valence-electron chi connectivity index (χ2n) is 3.61. The lowest BCUT2D eigenvalue weighted by Crippen LogP contribution is -2.32. The van der Waals surface area contributed by atoms with Crippen molar-refractivity contribution in [1.29, 1.82) is 0 Å². The molecule has 0 radical (unpaired) electrons. The third-order valence-electron chi connectivity index (χ3n) is 2.34. The highest BCUT2D eigenvalue weighted by Gasteiger charge is 2.32. The average molecular weight is 237 g/mol. The van der Waals surface area contributed by atoms with Crippen molar-refractivity contribution in [3.8, 4) is 0 Å². The number of hydrogen-bond donors (Lipinski definition) is 1. The van der Waals surface area contributed by atoms with Crippen LogP contribution in [0, 0.1) is 0 Å². The van der Waals surface area contributed by atoms with Crippen LogP contribution in [0.1, 0.15) is 25.0 Å². The molecular formula is C10H11N3O4. The first-order valence-corrected chi connectivity index (χ1v) is 5.21. The molecule has 0 unspecified atom stereocenters. The molecule has 1 aromatic heterocycles. The minimum atomic E-state index is -0.614. The number of hydrogen-bond acceptors (Lipinski definition) is 5. The van der Waals surface area contributed by atoms with E-state index < -0.39 is 17.8 Å². The summed E-state index contributed by atoms with van der Waals surface area (Å²) in [5, 5.41) is 0.548. The van der Waals surface area contributed by atoms with E-state index in [0.29, 0.717) is 11.5 Å². The predicted octanol–water partition coefficient (Wildman–Crippen LogP) is -0.0505. The Morgan fingerprint density at radius 3 is 2.71 bits per heavy atom. The number of imide groups is 1. The van der Waals surface area contributed by atoms with Crippen molar-refractivity contribution in [2.24, 2.45) is 0 Å². The number of carbonyl (C=O) groups excluding carboxylic acids is 3. The number of amides is 2. The molecule has 0 atom stereocenters. The summed E-state index contributed by atoms with van der Waals surface area (Å²) in [5.41, 5.74) is 0.723. The van der Waals surface area contributed by atoms with Crippen LogP contribution < -0.4 is 0 Å². The Kier molecular flexibility index (Phi) is 3.17. The Labute approximate surface area is 96.7 Å². The van der Waals surface area contributed by atoms with Crippen molar-refractivity contribution in [2.45, 2.75) is 25.7 Å². The van der Waals surface area contributed by atoms with E-state index in [1.165, 1.54) is 6.33 Å². The molecule has 17 heavy (non-hydrogen) atoms. The van der Waals surface area contributed by atoms with Crippen LogP contribution in [0.25, 0.3) is 0 Å². The Balaban J connectivity index is 1.81. The van der Waals surface area contributed by atoms with E-state index >= 15 is 0 Å². The van der Waals surface area contributed by atoms with Crippen LogP contribution in [-0.2, 0) is 25.6 Å². The highest BCUT2D eigenvalue weighted by molar-refractivity contribution is 6.01. The van der Waals surface area contributed by atoms with Gasteiger partial charge < -0.3 is 9.82 Å². The van der Waals surface area contributed by atoms with Gasteiger partial charge in [-0.25, -0.2) is 9.78 Å². The van der Waals surface area contributed by atoms with Crippen LogP contribution in [0.5, 0.6) is 0 Å². The maximum atomic E-state index is 11.4.